The largest absolute Gasteiger partial charge is 0.382 e. The summed E-state index contributed by atoms with van der Waals surface area (Å²) in [6.07, 6.45) is 18.4. The molecule has 0 heterocycles. The van der Waals surface area contributed by atoms with E-state index in [1.807, 2.05) is 0 Å². The Labute approximate surface area is 134 Å². The Morgan fingerprint density at radius 3 is 1.76 bits per heavy atom. The van der Waals surface area contributed by atoms with Gasteiger partial charge < -0.3 is 10.1 Å². The van der Waals surface area contributed by atoms with E-state index in [0.717, 1.165) is 0 Å². The van der Waals surface area contributed by atoms with E-state index in [4.69, 9.17) is 4.74 Å². The van der Waals surface area contributed by atoms with E-state index in [2.05, 4.69) is 26.2 Å². The molecule has 0 fully saturated rings. The molecule has 0 radical (unpaired) electrons. The summed E-state index contributed by atoms with van der Waals surface area (Å²) in [5.74, 6) is 0. The van der Waals surface area contributed by atoms with Crippen molar-refractivity contribution in [2.75, 3.05) is 14.2 Å². The van der Waals surface area contributed by atoms with Crippen molar-refractivity contribution in [3.05, 3.63) is 0 Å². The van der Waals surface area contributed by atoms with E-state index in [0.29, 0.717) is 12.1 Å². The quantitative estimate of drug-likeness (QED) is 0.369. The van der Waals surface area contributed by atoms with Crippen molar-refractivity contribution in [3.63, 3.8) is 0 Å². The number of hydrogen-bond donors (Lipinski definition) is 1. The van der Waals surface area contributed by atoms with Gasteiger partial charge in [0.2, 0.25) is 0 Å². The number of hydrogen-bond acceptors (Lipinski definition) is 2. The minimum absolute atomic E-state index is 0.397. The van der Waals surface area contributed by atoms with Crippen LogP contribution in [-0.4, -0.2) is 26.3 Å². The predicted octanol–water partition coefficient (Wildman–Crippen LogP) is 5.70. The highest BCUT2D eigenvalue weighted by molar-refractivity contribution is 4.66. The summed E-state index contributed by atoms with van der Waals surface area (Å²) in [4.78, 5) is 0. The molecule has 2 nitrogen and oxygen atoms in total. The lowest BCUT2D eigenvalue weighted by Crippen LogP contribution is -2.26. The van der Waals surface area contributed by atoms with E-state index < -0.39 is 0 Å². The first-order chi connectivity index (χ1) is 10.2. The fourth-order valence-corrected chi connectivity index (χ4v) is 2.86. The van der Waals surface area contributed by atoms with Crippen LogP contribution < -0.4 is 5.32 Å². The third-order valence-electron chi connectivity index (χ3n) is 4.64. The van der Waals surface area contributed by atoms with Crippen LogP contribution in [0.5, 0.6) is 0 Å². The van der Waals surface area contributed by atoms with Gasteiger partial charge in [0.05, 0.1) is 6.10 Å². The number of nitrogens with one attached hydrogen (secondary N) is 1. The Kier molecular flexibility index (Phi) is 16.2. The second kappa shape index (κ2) is 16.3. The zero-order chi connectivity index (χ0) is 15.8. The van der Waals surface area contributed by atoms with Gasteiger partial charge in [-0.25, -0.2) is 0 Å². The van der Waals surface area contributed by atoms with Gasteiger partial charge in [0, 0.05) is 13.2 Å². The van der Waals surface area contributed by atoms with Gasteiger partial charge in [-0.3, -0.25) is 0 Å². The van der Waals surface area contributed by atoms with Gasteiger partial charge in [-0.15, -0.1) is 0 Å². The van der Waals surface area contributed by atoms with E-state index in [1.54, 1.807) is 7.11 Å². The van der Waals surface area contributed by atoms with Crippen LogP contribution in [-0.2, 0) is 4.74 Å². The van der Waals surface area contributed by atoms with Crippen LogP contribution in [0.4, 0.5) is 0 Å². The number of rotatable bonds is 16. The minimum Gasteiger partial charge on any atom is -0.382 e. The van der Waals surface area contributed by atoms with Crippen LogP contribution in [0.25, 0.3) is 0 Å². The fourth-order valence-electron chi connectivity index (χ4n) is 2.86. The molecule has 0 aromatic rings. The molecule has 1 N–H and O–H groups in total. The van der Waals surface area contributed by atoms with Crippen LogP contribution in [0.3, 0.4) is 0 Å². The van der Waals surface area contributed by atoms with Crippen molar-refractivity contribution in [3.8, 4) is 0 Å². The van der Waals surface area contributed by atoms with Crippen LogP contribution >= 0.6 is 0 Å². The molecule has 128 valence electrons. The summed E-state index contributed by atoms with van der Waals surface area (Å²) >= 11 is 0. The Balaban J connectivity index is 3.31. The molecule has 0 aliphatic heterocycles. The maximum absolute atomic E-state index is 5.32. The smallest absolute Gasteiger partial charge is 0.0543 e. The highest BCUT2D eigenvalue weighted by Gasteiger charge is 2.08. The summed E-state index contributed by atoms with van der Waals surface area (Å²) in [7, 11) is 3.90. The lowest BCUT2D eigenvalue weighted by molar-refractivity contribution is 0.106. The molecular formula is C19H41NO. The zero-order valence-electron chi connectivity index (χ0n) is 15.3. The average molecular weight is 300 g/mol. The molecule has 0 aromatic heterocycles. The SMILES string of the molecule is CCCCCCCCCCCCC(CCC(C)OC)NC. The van der Waals surface area contributed by atoms with Crippen LogP contribution in [0.15, 0.2) is 0 Å². The second-order valence-electron chi connectivity index (χ2n) is 6.58. The van der Waals surface area contributed by atoms with Crippen molar-refractivity contribution in [2.24, 2.45) is 0 Å². The number of methoxy groups -OCH3 is 1. The normalized spacial score (nSPS) is 14.3. The van der Waals surface area contributed by atoms with Crippen LogP contribution in [0.2, 0.25) is 0 Å². The zero-order valence-corrected chi connectivity index (χ0v) is 15.3. The van der Waals surface area contributed by atoms with Gasteiger partial charge in [-0.2, -0.15) is 0 Å². The van der Waals surface area contributed by atoms with Gasteiger partial charge in [0.15, 0.2) is 0 Å². The molecule has 21 heavy (non-hydrogen) atoms. The van der Waals surface area contributed by atoms with E-state index in [9.17, 15) is 0 Å². The highest BCUT2D eigenvalue weighted by Crippen LogP contribution is 2.14. The molecule has 0 aliphatic rings. The van der Waals surface area contributed by atoms with Gasteiger partial charge in [0.25, 0.3) is 0 Å². The van der Waals surface area contributed by atoms with Gasteiger partial charge >= 0.3 is 0 Å². The summed E-state index contributed by atoms with van der Waals surface area (Å²) in [6, 6.07) is 0.677. The van der Waals surface area contributed by atoms with Gasteiger partial charge in [-0.05, 0) is 33.2 Å². The molecule has 0 rings (SSSR count). The molecular weight excluding hydrogens is 258 g/mol. The van der Waals surface area contributed by atoms with Crippen molar-refractivity contribution >= 4 is 0 Å². The predicted molar refractivity (Wildman–Crippen MR) is 95.0 cm³/mol. The standard InChI is InChI=1S/C19H41NO/c1-5-6-7-8-9-10-11-12-13-14-15-19(20-3)17-16-18(2)21-4/h18-20H,5-17H2,1-4H3. The Morgan fingerprint density at radius 1 is 0.762 bits per heavy atom. The molecule has 0 saturated heterocycles. The topological polar surface area (TPSA) is 21.3 Å². The van der Waals surface area contributed by atoms with Crippen LogP contribution in [0, 0.1) is 0 Å². The molecule has 2 unspecified atom stereocenters. The van der Waals surface area contributed by atoms with Crippen LogP contribution in [0.1, 0.15) is 97.3 Å². The monoisotopic (exact) mass is 299 g/mol. The third kappa shape index (κ3) is 14.6. The fraction of sp³-hybridized carbons (Fsp3) is 1.00. The van der Waals surface area contributed by atoms with Crippen molar-refractivity contribution in [2.45, 2.75) is 109 Å². The molecule has 2 heteroatoms. The lowest BCUT2D eigenvalue weighted by Gasteiger charge is -2.18. The lowest BCUT2D eigenvalue weighted by atomic mass is 10.0. The summed E-state index contributed by atoms with van der Waals surface area (Å²) in [6.45, 7) is 4.45. The molecule has 0 spiro atoms. The Morgan fingerprint density at radius 2 is 1.29 bits per heavy atom. The van der Waals surface area contributed by atoms with Crippen molar-refractivity contribution in [1.82, 2.24) is 5.32 Å². The maximum atomic E-state index is 5.32. The molecule has 2 atom stereocenters. The Hall–Kier alpha value is -0.0800. The summed E-state index contributed by atoms with van der Waals surface area (Å²) < 4.78 is 5.32. The number of unbranched alkanes of at least 4 members (excludes halogenated alkanes) is 9. The number of ether oxygens (including phenoxy) is 1. The second-order valence-corrected chi connectivity index (χ2v) is 6.58. The first kappa shape index (κ1) is 20.9. The van der Waals surface area contributed by atoms with Crippen molar-refractivity contribution in [1.29, 1.82) is 0 Å². The molecule has 0 bridgehead atoms. The Bertz CT molecular complexity index is 196. The summed E-state index contributed by atoms with van der Waals surface area (Å²) in [5.41, 5.74) is 0. The molecule has 0 aliphatic carbocycles. The van der Waals surface area contributed by atoms with Gasteiger partial charge in [0.1, 0.15) is 0 Å². The van der Waals surface area contributed by atoms with E-state index in [-0.39, 0.29) is 0 Å². The molecule has 0 saturated carbocycles. The highest BCUT2D eigenvalue weighted by atomic mass is 16.5. The summed E-state index contributed by atoms with van der Waals surface area (Å²) in [5, 5.41) is 3.46. The van der Waals surface area contributed by atoms with E-state index >= 15 is 0 Å². The minimum atomic E-state index is 0.397. The first-order valence-corrected chi connectivity index (χ1v) is 9.44. The average Bonchev–Trinajstić information content (AvgIpc) is 2.51. The maximum Gasteiger partial charge on any atom is 0.0543 e. The molecule has 0 aromatic carbocycles. The van der Waals surface area contributed by atoms with E-state index in [1.165, 1.54) is 83.5 Å². The van der Waals surface area contributed by atoms with Crippen molar-refractivity contribution < 1.29 is 4.74 Å². The first-order valence-electron chi connectivity index (χ1n) is 9.44. The third-order valence-corrected chi connectivity index (χ3v) is 4.64. The molecule has 0 amide bonds. The van der Waals surface area contributed by atoms with Gasteiger partial charge in [-0.1, -0.05) is 71.1 Å².